The molecule has 0 rings (SSSR count). The molecule has 0 aromatic rings. The number of halogens is 3. The van der Waals surface area contributed by atoms with E-state index >= 15 is 0 Å². The standard InChI is InChI=1S/C54H110N36O10.C2HF3O2/c55-28(10-1-19-74-46(56)57)37(91)83-29(11-2-20-75-47(58)59)38(92)84-30(12-3-21-76-48(60)61)39(93)85-31(13-4-22-77-49(62)63)40(94)86-32(14-5-23-78-50(64)65)41(95)87-33(15-6-24-79-51(66)67)42(96)88-34(16-7-25-80-52(68)69)43(97)89-35(17-8-26-81-53(70)71)44(98)90-36(45(99)100)18-9-27-82-54(72)73;3-2(4,5)1(6)7/h28-36H,1-27,55H2,(H,83,91)(H,84,92)(H,85,93)(H,86,94)(H,87,95)(H,88,96)(H,89,97)(H,90,98)(H,99,100)(H4,56,57,74)(H4,58,59,75)(H4,60,61,76)(H4,62,63,77)(H4,64,65,78)(H4,66,67,79)(H4,68,69,80)(H4,70,71,81)(H4,72,73,82);(H,6,7). The Morgan fingerprint density at radius 3 is 0.523 bits per heavy atom. The molecule has 608 valence electrons. The monoisotopic (exact) mass is 1540 g/mol. The Kier molecular flexibility index (Phi) is 49.4. The topological polar surface area (TPSA) is 913 Å². The molecular formula is C56H111F3N36O12. The summed E-state index contributed by atoms with van der Waals surface area (Å²) in [5, 5.41) is 38.0. The third kappa shape index (κ3) is 50.8. The Labute approximate surface area is 613 Å². The number of carboxylic acids is 2. The van der Waals surface area contributed by atoms with Gasteiger partial charge in [-0.25, -0.2) is 9.59 Å². The number of aliphatic carboxylic acids is 2. The van der Waals surface area contributed by atoms with E-state index in [-0.39, 0.29) is 222 Å². The van der Waals surface area contributed by atoms with E-state index in [0.717, 1.165) is 0 Å². The van der Waals surface area contributed by atoms with Crippen LogP contribution in [0.4, 0.5) is 13.2 Å². The third-order valence-corrected chi connectivity index (χ3v) is 14.2. The first-order valence-electron chi connectivity index (χ1n) is 33.3. The number of nitrogens with two attached hydrogens (primary N) is 19. The molecule has 0 heterocycles. The van der Waals surface area contributed by atoms with E-state index in [2.05, 4.69) is 87.5 Å². The first-order chi connectivity index (χ1) is 50.1. The van der Waals surface area contributed by atoms with E-state index in [1.54, 1.807) is 0 Å². The zero-order valence-electron chi connectivity index (χ0n) is 59.4. The lowest BCUT2D eigenvalue weighted by Crippen LogP contribution is -2.60. The molecule has 0 aliphatic heterocycles. The number of nitrogens with zero attached hydrogens (tertiary/aromatic N) is 9. The van der Waals surface area contributed by atoms with E-state index in [9.17, 15) is 61.4 Å². The molecule has 48 N–H and O–H groups in total. The van der Waals surface area contributed by atoms with Crippen LogP contribution < -0.4 is 151 Å². The number of carbonyl (C=O) groups excluding carboxylic acids is 8. The van der Waals surface area contributed by atoms with Gasteiger partial charge in [-0.1, -0.05) is 0 Å². The number of aliphatic imine (C=N–C) groups is 9. The minimum absolute atomic E-state index is 0.0134. The molecule has 0 bridgehead atoms. The zero-order chi connectivity index (χ0) is 81.8. The van der Waals surface area contributed by atoms with E-state index in [1.165, 1.54) is 0 Å². The van der Waals surface area contributed by atoms with Crippen LogP contribution >= 0.6 is 0 Å². The fraction of sp³-hybridized carbons (Fsp3) is 0.661. The van der Waals surface area contributed by atoms with Crippen LogP contribution in [0.3, 0.4) is 0 Å². The molecule has 0 aromatic carbocycles. The fourth-order valence-electron chi connectivity index (χ4n) is 9.00. The number of rotatable bonds is 53. The van der Waals surface area contributed by atoms with Crippen molar-refractivity contribution in [1.29, 1.82) is 0 Å². The zero-order valence-corrected chi connectivity index (χ0v) is 59.4. The van der Waals surface area contributed by atoms with Crippen molar-refractivity contribution >= 4 is 113 Å². The highest BCUT2D eigenvalue weighted by molar-refractivity contribution is 5.98. The summed E-state index contributed by atoms with van der Waals surface area (Å²) in [5.41, 5.74) is 106. The SMILES string of the molecule is NC(N)=NCCCC(N)C(=O)NC(CCCN=C(N)N)C(=O)NC(CCCN=C(N)N)C(=O)NC(CCCN=C(N)N)C(=O)NC(CCCN=C(N)N)C(=O)NC(CCCN=C(N)N)C(=O)NC(CCCN=C(N)N)C(=O)NC(CCCN=C(N)N)C(=O)NC(CCCN=C(N)N)C(=O)O.O=C(O)C(F)(F)F. The maximum absolute atomic E-state index is 14.8. The first kappa shape index (κ1) is 96.9. The van der Waals surface area contributed by atoms with Gasteiger partial charge in [0.1, 0.15) is 48.3 Å². The fourth-order valence-corrected chi connectivity index (χ4v) is 9.00. The summed E-state index contributed by atoms with van der Waals surface area (Å²) in [6.45, 7) is -0.0913. The third-order valence-electron chi connectivity index (χ3n) is 14.2. The predicted octanol–water partition coefficient (Wildman–Crippen LogP) is -12.6. The smallest absolute Gasteiger partial charge is 0.480 e. The van der Waals surface area contributed by atoms with E-state index in [1.807, 2.05) is 0 Å². The summed E-state index contributed by atoms with van der Waals surface area (Å²) in [7, 11) is 0. The molecule has 0 saturated carbocycles. The Hall–Kier alpha value is -12.1. The quantitative estimate of drug-likeness (QED) is 0.0153. The van der Waals surface area contributed by atoms with Gasteiger partial charge in [0.25, 0.3) is 0 Å². The van der Waals surface area contributed by atoms with Crippen LogP contribution in [0.15, 0.2) is 44.9 Å². The molecule has 0 aromatic heterocycles. The van der Waals surface area contributed by atoms with Crippen molar-refractivity contribution in [2.75, 3.05) is 58.9 Å². The second-order valence-corrected chi connectivity index (χ2v) is 23.3. The van der Waals surface area contributed by atoms with Crippen molar-refractivity contribution in [3.05, 3.63) is 0 Å². The first-order valence-corrected chi connectivity index (χ1v) is 33.3. The second kappa shape index (κ2) is 54.5. The van der Waals surface area contributed by atoms with Crippen LogP contribution in [0, 0.1) is 0 Å². The molecule has 9 atom stereocenters. The molecular weight excluding hydrogens is 1430 g/mol. The predicted molar refractivity (Wildman–Crippen MR) is 394 cm³/mol. The lowest BCUT2D eigenvalue weighted by molar-refractivity contribution is -0.192. The Morgan fingerprint density at radius 1 is 0.252 bits per heavy atom. The number of amides is 8. The lowest BCUT2D eigenvalue weighted by Gasteiger charge is -2.28. The van der Waals surface area contributed by atoms with Gasteiger partial charge in [0.05, 0.1) is 6.04 Å². The van der Waals surface area contributed by atoms with E-state index in [4.69, 9.17) is 119 Å². The number of hydrogen-bond acceptors (Lipinski definition) is 20. The largest absolute Gasteiger partial charge is 0.490 e. The highest BCUT2D eigenvalue weighted by Gasteiger charge is 2.39. The van der Waals surface area contributed by atoms with Crippen molar-refractivity contribution in [1.82, 2.24) is 42.5 Å². The molecule has 107 heavy (non-hydrogen) atoms. The number of carbonyl (C=O) groups is 10. The second-order valence-electron chi connectivity index (χ2n) is 23.3. The molecule has 9 unspecified atom stereocenters. The van der Waals surface area contributed by atoms with Crippen LogP contribution in [0.5, 0.6) is 0 Å². The van der Waals surface area contributed by atoms with Crippen molar-refractivity contribution in [2.24, 2.45) is 154 Å². The molecule has 0 spiro atoms. The van der Waals surface area contributed by atoms with Gasteiger partial charge in [0, 0.05) is 58.9 Å². The summed E-state index contributed by atoms with van der Waals surface area (Å²) in [4.78, 5) is 172. The average Bonchev–Trinajstić information content (AvgIpc) is 0.861. The minimum Gasteiger partial charge on any atom is -0.480 e. The highest BCUT2D eigenvalue weighted by Crippen LogP contribution is 2.14. The number of hydrogen-bond donors (Lipinski definition) is 29. The van der Waals surface area contributed by atoms with Crippen molar-refractivity contribution in [2.45, 2.75) is 176 Å². The van der Waals surface area contributed by atoms with Gasteiger partial charge in [0.15, 0.2) is 53.6 Å². The van der Waals surface area contributed by atoms with Gasteiger partial charge >= 0.3 is 18.1 Å². The van der Waals surface area contributed by atoms with Gasteiger partial charge in [-0.15, -0.1) is 0 Å². The average molecular weight is 1540 g/mol. The number of alkyl halides is 3. The van der Waals surface area contributed by atoms with Crippen LogP contribution in [0.1, 0.15) is 116 Å². The van der Waals surface area contributed by atoms with Gasteiger partial charge < -0.3 is 162 Å². The summed E-state index contributed by atoms with van der Waals surface area (Å²) < 4.78 is 31.7. The summed E-state index contributed by atoms with van der Waals surface area (Å²) in [6, 6.07) is -13.1. The summed E-state index contributed by atoms with van der Waals surface area (Å²) >= 11 is 0. The van der Waals surface area contributed by atoms with Gasteiger partial charge in [-0.2, -0.15) is 13.2 Å². The van der Waals surface area contributed by atoms with Crippen molar-refractivity contribution in [3.63, 3.8) is 0 Å². The number of guanidine groups is 9. The highest BCUT2D eigenvalue weighted by atomic mass is 19.4. The Bertz CT molecular complexity index is 3080. The number of nitrogens with one attached hydrogen (secondary N) is 8. The molecule has 48 nitrogen and oxygen atoms in total. The van der Waals surface area contributed by atoms with Gasteiger partial charge in [-0.3, -0.25) is 83.3 Å². The lowest BCUT2D eigenvalue weighted by atomic mass is 10.0. The molecule has 0 aliphatic rings. The van der Waals surface area contributed by atoms with Gasteiger partial charge in [-0.05, 0) is 116 Å². The van der Waals surface area contributed by atoms with Crippen molar-refractivity contribution in [3.8, 4) is 0 Å². The molecule has 8 amide bonds. The maximum Gasteiger partial charge on any atom is 0.490 e. The van der Waals surface area contributed by atoms with Crippen LogP contribution in [0.25, 0.3) is 0 Å². The Balaban J connectivity index is 0. The molecule has 0 saturated heterocycles. The molecule has 0 aliphatic carbocycles. The normalized spacial score (nSPS) is 13.2. The summed E-state index contributed by atoms with van der Waals surface area (Å²) in [6.07, 6.45) is -5.54. The number of carboxylic acid groups (broad SMARTS) is 2. The molecule has 0 fully saturated rings. The van der Waals surface area contributed by atoms with Crippen LogP contribution in [-0.2, 0) is 47.9 Å². The van der Waals surface area contributed by atoms with E-state index < -0.39 is 120 Å². The van der Waals surface area contributed by atoms with Gasteiger partial charge in [0.2, 0.25) is 47.3 Å². The summed E-state index contributed by atoms with van der Waals surface area (Å²) in [5.74, 6) is -13.9. The van der Waals surface area contributed by atoms with Crippen LogP contribution in [-0.4, -0.2) is 243 Å². The molecule has 0 radical (unpaired) electrons. The Morgan fingerprint density at radius 2 is 0.383 bits per heavy atom. The van der Waals surface area contributed by atoms with Crippen molar-refractivity contribution < 1.29 is 71.3 Å². The van der Waals surface area contributed by atoms with E-state index in [0.29, 0.717) is 6.42 Å². The molecule has 51 heteroatoms. The maximum atomic E-state index is 14.8. The minimum atomic E-state index is -5.08. The van der Waals surface area contributed by atoms with Crippen LogP contribution in [0.2, 0.25) is 0 Å².